The Kier molecular flexibility index (Phi) is 4.61. The first-order valence-corrected chi connectivity index (χ1v) is 8.78. The number of carbonyl (C=O) groups is 1. The minimum absolute atomic E-state index is 0.251. The topological polar surface area (TPSA) is 50.2 Å². The number of fused-ring (bicyclic) bond motifs is 1. The van der Waals surface area contributed by atoms with Crippen molar-refractivity contribution in [3.63, 3.8) is 0 Å². The van der Waals surface area contributed by atoms with Gasteiger partial charge in [0.25, 0.3) is 0 Å². The van der Waals surface area contributed by atoms with Crippen LogP contribution in [0.2, 0.25) is 0 Å². The third-order valence-corrected chi connectivity index (χ3v) is 5.49. The zero-order valence-corrected chi connectivity index (χ0v) is 14.4. The van der Waals surface area contributed by atoms with Gasteiger partial charge in [-0.25, -0.2) is 9.78 Å². The van der Waals surface area contributed by atoms with Gasteiger partial charge in [-0.15, -0.1) is 11.3 Å². The van der Waals surface area contributed by atoms with Gasteiger partial charge in [0.05, 0.1) is 10.2 Å². The van der Waals surface area contributed by atoms with E-state index in [0.717, 1.165) is 24.6 Å². The van der Waals surface area contributed by atoms with Crippen molar-refractivity contribution in [3.8, 4) is 0 Å². The highest BCUT2D eigenvalue weighted by molar-refractivity contribution is 9.10. The smallest absolute Gasteiger partial charge is 0.342 e. The summed E-state index contributed by atoms with van der Waals surface area (Å²) in [6.45, 7) is 0. The number of thioether (sulfide) groups is 1. The molecule has 1 heterocycles. The van der Waals surface area contributed by atoms with Crippen LogP contribution in [0.5, 0.6) is 0 Å². The van der Waals surface area contributed by atoms with E-state index in [9.17, 15) is 9.90 Å². The second-order valence-electron chi connectivity index (χ2n) is 4.41. The zero-order valence-electron chi connectivity index (χ0n) is 11.2. The Morgan fingerprint density at radius 2 is 1.91 bits per heavy atom. The van der Waals surface area contributed by atoms with Gasteiger partial charge in [-0.05, 0) is 35.9 Å². The van der Waals surface area contributed by atoms with E-state index >= 15 is 0 Å². The highest BCUT2D eigenvalue weighted by atomic mass is 79.9. The van der Waals surface area contributed by atoms with Crippen molar-refractivity contribution < 1.29 is 9.90 Å². The van der Waals surface area contributed by atoms with Gasteiger partial charge in [0, 0.05) is 4.47 Å². The summed E-state index contributed by atoms with van der Waals surface area (Å²) in [6.07, 6.45) is 1.66. The first kappa shape index (κ1) is 15.3. The van der Waals surface area contributed by atoms with Gasteiger partial charge in [-0.1, -0.05) is 52.0 Å². The number of aromatic nitrogens is 1. The van der Waals surface area contributed by atoms with Gasteiger partial charge in [-0.3, -0.25) is 0 Å². The van der Waals surface area contributed by atoms with Crippen molar-refractivity contribution in [2.45, 2.75) is 4.34 Å². The highest BCUT2D eigenvalue weighted by Crippen LogP contribution is 2.34. The molecule has 0 unspecified atom stereocenters. The van der Waals surface area contributed by atoms with Crippen molar-refractivity contribution in [1.29, 1.82) is 0 Å². The number of rotatable bonds is 4. The summed E-state index contributed by atoms with van der Waals surface area (Å²) in [5, 5.41) is 9.40. The highest BCUT2D eigenvalue weighted by Gasteiger charge is 2.13. The number of para-hydroxylation sites is 1. The molecule has 2 aromatic carbocycles. The molecule has 3 nitrogen and oxygen atoms in total. The van der Waals surface area contributed by atoms with Gasteiger partial charge in [0.2, 0.25) is 0 Å². The van der Waals surface area contributed by atoms with Crippen LogP contribution in [0.3, 0.4) is 0 Å². The molecule has 3 aromatic rings. The van der Waals surface area contributed by atoms with E-state index in [1.807, 2.05) is 48.5 Å². The van der Waals surface area contributed by atoms with Gasteiger partial charge in [0.1, 0.15) is 4.91 Å². The molecule has 0 aliphatic carbocycles. The minimum Gasteiger partial charge on any atom is -0.477 e. The molecule has 0 spiro atoms. The van der Waals surface area contributed by atoms with E-state index in [-0.39, 0.29) is 4.91 Å². The molecule has 3 rings (SSSR count). The minimum atomic E-state index is -0.952. The van der Waals surface area contributed by atoms with Crippen LogP contribution >= 0.6 is 39.0 Å². The molecule has 6 heteroatoms. The predicted molar refractivity (Wildman–Crippen MR) is 95.2 cm³/mol. The fourth-order valence-electron chi connectivity index (χ4n) is 1.83. The number of benzene rings is 2. The third kappa shape index (κ3) is 3.58. The summed E-state index contributed by atoms with van der Waals surface area (Å²) in [7, 11) is 0. The van der Waals surface area contributed by atoms with Gasteiger partial charge >= 0.3 is 5.97 Å². The van der Waals surface area contributed by atoms with Crippen molar-refractivity contribution in [2.75, 3.05) is 0 Å². The maximum atomic E-state index is 11.5. The average Bonchev–Trinajstić information content (AvgIpc) is 2.91. The molecule has 1 aromatic heterocycles. The van der Waals surface area contributed by atoms with Crippen LogP contribution in [0, 0.1) is 0 Å². The van der Waals surface area contributed by atoms with Crippen LogP contribution in [0.15, 0.2) is 62.2 Å². The molecule has 0 fully saturated rings. The third-order valence-electron chi connectivity index (χ3n) is 2.85. The Balaban J connectivity index is 1.91. The second-order valence-corrected chi connectivity index (χ2v) is 7.65. The SMILES string of the molecule is O=C(O)/C(=C\c1ccc(Br)cc1)Sc1nc2ccccc2s1. The van der Waals surface area contributed by atoms with Crippen LogP contribution < -0.4 is 0 Å². The van der Waals surface area contributed by atoms with E-state index in [1.165, 1.54) is 23.1 Å². The molecule has 0 aliphatic rings. The Hall–Kier alpha value is -1.63. The average molecular weight is 392 g/mol. The molecular weight excluding hydrogens is 382 g/mol. The Bertz CT molecular complexity index is 823. The summed E-state index contributed by atoms with van der Waals surface area (Å²) in [6, 6.07) is 15.3. The summed E-state index contributed by atoms with van der Waals surface area (Å²) in [5.74, 6) is -0.952. The van der Waals surface area contributed by atoms with E-state index in [0.29, 0.717) is 0 Å². The van der Waals surface area contributed by atoms with Crippen molar-refractivity contribution in [1.82, 2.24) is 4.98 Å². The standard InChI is InChI=1S/C16H10BrNO2S2/c17-11-7-5-10(6-8-11)9-14(15(19)20)22-16-18-12-3-1-2-4-13(12)21-16/h1-9H,(H,19,20)/b14-9+. The van der Waals surface area contributed by atoms with E-state index in [2.05, 4.69) is 20.9 Å². The first-order valence-electron chi connectivity index (χ1n) is 6.36. The Labute approximate surface area is 143 Å². The number of halogens is 1. The second kappa shape index (κ2) is 6.64. The maximum Gasteiger partial charge on any atom is 0.342 e. The lowest BCUT2D eigenvalue weighted by molar-refractivity contribution is -0.131. The molecule has 1 N–H and O–H groups in total. The lowest BCUT2D eigenvalue weighted by atomic mass is 10.2. The first-order chi connectivity index (χ1) is 10.6. The van der Waals surface area contributed by atoms with Crippen molar-refractivity contribution in [3.05, 3.63) is 63.5 Å². The maximum absolute atomic E-state index is 11.5. The number of carboxylic acid groups (broad SMARTS) is 1. The number of carboxylic acids is 1. The normalized spacial score (nSPS) is 11.8. The summed E-state index contributed by atoms with van der Waals surface area (Å²) < 4.78 is 2.74. The molecule has 0 atom stereocenters. The van der Waals surface area contributed by atoms with E-state index < -0.39 is 5.97 Å². The van der Waals surface area contributed by atoms with Crippen LogP contribution in [0.4, 0.5) is 0 Å². The number of nitrogens with zero attached hydrogens (tertiary/aromatic N) is 1. The fourth-order valence-corrected chi connectivity index (χ4v) is 4.12. The van der Waals surface area contributed by atoms with Crippen LogP contribution in [-0.4, -0.2) is 16.1 Å². The summed E-state index contributed by atoms with van der Waals surface area (Å²) >= 11 is 6.04. The molecule has 0 amide bonds. The molecule has 0 saturated carbocycles. The molecule has 0 aliphatic heterocycles. The number of aliphatic carboxylic acids is 1. The zero-order chi connectivity index (χ0) is 15.5. The van der Waals surface area contributed by atoms with Crippen LogP contribution in [0.1, 0.15) is 5.56 Å². The molecular formula is C16H10BrNO2S2. The fraction of sp³-hybridized carbons (Fsp3) is 0. The molecule has 0 saturated heterocycles. The largest absolute Gasteiger partial charge is 0.477 e. The van der Waals surface area contributed by atoms with E-state index in [1.54, 1.807) is 6.08 Å². The lowest BCUT2D eigenvalue weighted by Gasteiger charge is -2.00. The van der Waals surface area contributed by atoms with Gasteiger partial charge in [-0.2, -0.15) is 0 Å². The molecule has 22 heavy (non-hydrogen) atoms. The van der Waals surface area contributed by atoms with Crippen molar-refractivity contribution in [2.24, 2.45) is 0 Å². The van der Waals surface area contributed by atoms with Crippen LogP contribution in [0.25, 0.3) is 16.3 Å². The molecule has 0 radical (unpaired) electrons. The Morgan fingerprint density at radius 3 is 2.59 bits per heavy atom. The summed E-state index contributed by atoms with van der Waals surface area (Å²) in [5.41, 5.74) is 1.73. The molecule has 0 bridgehead atoms. The summed E-state index contributed by atoms with van der Waals surface area (Å²) in [4.78, 5) is 16.2. The lowest BCUT2D eigenvalue weighted by Crippen LogP contribution is -1.96. The Morgan fingerprint density at radius 1 is 1.18 bits per heavy atom. The van der Waals surface area contributed by atoms with Crippen molar-refractivity contribution >= 4 is 61.3 Å². The van der Waals surface area contributed by atoms with Gasteiger partial charge < -0.3 is 5.11 Å². The van der Waals surface area contributed by atoms with E-state index in [4.69, 9.17) is 0 Å². The molecule has 110 valence electrons. The predicted octanol–water partition coefficient (Wildman–Crippen LogP) is 5.28. The number of hydrogen-bond acceptors (Lipinski definition) is 4. The monoisotopic (exact) mass is 391 g/mol. The quantitative estimate of drug-likeness (QED) is 0.485. The van der Waals surface area contributed by atoms with Gasteiger partial charge in [0.15, 0.2) is 4.34 Å². The number of thiazole rings is 1. The number of hydrogen-bond donors (Lipinski definition) is 1. The van der Waals surface area contributed by atoms with Crippen LogP contribution in [-0.2, 0) is 4.79 Å².